The predicted octanol–water partition coefficient (Wildman–Crippen LogP) is 9.40. The Bertz CT molecular complexity index is 758. The second-order valence-electron chi connectivity index (χ2n) is 10.8. The van der Waals surface area contributed by atoms with Crippen LogP contribution in [0.4, 0.5) is 0 Å². The van der Waals surface area contributed by atoms with E-state index in [1.54, 1.807) is 5.06 Å². The number of rotatable bonds is 18. The van der Waals surface area contributed by atoms with Gasteiger partial charge in [-0.05, 0) is 24.0 Å². The molecule has 1 fully saturated rings. The van der Waals surface area contributed by atoms with Crippen LogP contribution in [0.3, 0.4) is 0 Å². The van der Waals surface area contributed by atoms with Gasteiger partial charge in [0.25, 0.3) is 0 Å². The fraction of sp³-hybridized carbons (Fsp3) is 0.636. The van der Waals surface area contributed by atoms with E-state index < -0.39 is 5.79 Å². The maximum Gasteiger partial charge on any atom is 0.172 e. The van der Waals surface area contributed by atoms with Gasteiger partial charge in [-0.3, -0.25) is 0 Å². The number of nitrogens with zero attached hydrogens (tertiary/aromatic N) is 1. The molecule has 2 aromatic carbocycles. The Morgan fingerprint density at radius 2 is 1.00 bits per heavy atom. The Kier molecular flexibility index (Phi) is 13.7. The monoisotopic (exact) mass is 509 g/mol. The van der Waals surface area contributed by atoms with E-state index in [0.29, 0.717) is 26.1 Å². The van der Waals surface area contributed by atoms with Gasteiger partial charge in [-0.25, -0.2) is 0 Å². The van der Waals surface area contributed by atoms with Crippen molar-refractivity contribution in [3.05, 3.63) is 71.8 Å². The van der Waals surface area contributed by atoms with Crippen molar-refractivity contribution in [2.24, 2.45) is 0 Å². The van der Waals surface area contributed by atoms with E-state index in [9.17, 15) is 5.21 Å². The molecule has 1 aliphatic heterocycles. The van der Waals surface area contributed by atoms with Crippen LogP contribution in [0.15, 0.2) is 60.7 Å². The van der Waals surface area contributed by atoms with Crippen molar-refractivity contribution in [2.75, 3.05) is 13.2 Å². The second-order valence-corrected chi connectivity index (χ2v) is 10.8. The second kappa shape index (κ2) is 17.0. The van der Waals surface area contributed by atoms with Crippen molar-refractivity contribution in [3.8, 4) is 0 Å². The molecule has 0 aliphatic carbocycles. The molecule has 2 aromatic rings. The summed E-state index contributed by atoms with van der Waals surface area (Å²) in [4.78, 5) is 0. The van der Waals surface area contributed by atoms with E-state index in [4.69, 9.17) is 9.47 Å². The molecule has 37 heavy (non-hydrogen) atoms. The van der Waals surface area contributed by atoms with Crippen molar-refractivity contribution in [3.63, 3.8) is 0 Å². The average Bonchev–Trinajstić information content (AvgIpc) is 2.94. The summed E-state index contributed by atoms with van der Waals surface area (Å²) in [7, 11) is 0. The largest absolute Gasteiger partial charge is 0.350 e. The first-order chi connectivity index (χ1) is 18.2. The third-order valence-corrected chi connectivity index (χ3v) is 7.74. The number of benzene rings is 2. The molecule has 1 aliphatic rings. The lowest BCUT2D eigenvalue weighted by Gasteiger charge is -2.48. The quantitative estimate of drug-likeness (QED) is 0.160. The lowest BCUT2D eigenvalue weighted by Crippen LogP contribution is -2.50. The first kappa shape index (κ1) is 29.8. The molecule has 0 bridgehead atoms. The molecule has 0 amide bonds. The number of hydroxylamine groups is 2. The number of piperidine rings is 1. The van der Waals surface area contributed by atoms with Gasteiger partial charge in [0.15, 0.2) is 5.79 Å². The zero-order valence-electron chi connectivity index (χ0n) is 23.5. The maximum atomic E-state index is 11.5. The van der Waals surface area contributed by atoms with Crippen molar-refractivity contribution < 1.29 is 14.7 Å². The average molecular weight is 510 g/mol. The first-order valence-corrected chi connectivity index (χ1v) is 15.0. The third-order valence-electron chi connectivity index (χ3n) is 7.74. The van der Waals surface area contributed by atoms with E-state index in [-0.39, 0.29) is 12.1 Å². The van der Waals surface area contributed by atoms with Crippen LogP contribution in [0.2, 0.25) is 0 Å². The van der Waals surface area contributed by atoms with E-state index in [1.165, 1.54) is 64.2 Å². The summed E-state index contributed by atoms with van der Waals surface area (Å²) < 4.78 is 13.4. The van der Waals surface area contributed by atoms with Crippen LogP contribution in [0.25, 0.3) is 0 Å². The third kappa shape index (κ3) is 9.83. The zero-order valence-corrected chi connectivity index (χ0v) is 23.5. The molecule has 1 heterocycles. The van der Waals surface area contributed by atoms with Crippen molar-refractivity contribution >= 4 is 0 Å². The molecular formula is C33H51NO3. The fourth-order valence-corrected chi connectivity index (χ4v) is 5.53. The number of unbranched alkanes of at least 4 members (excludes halogenated alkanes) is 10. The van der Waals surface area contributed by atoms with Crippen molar-refractivity contribution in [1.82, 2.24) is 5.06 Å². The highest BCUT2D eigenvalue weighted by Gasteiger charge is 2.47. The summed E-state index contributed by atoms with van der Waals surface area (Å²) in [5.41, 5.74) is 2.20. The molecule has 4 nitrogen and oxygen atoms in total. The van der Waals surface area contributed by atoms with Gasteiger partial charge < -0.3 is 14.7 Å². The van der Waals surface area contributed by atoms with Crippen LogP contribution in [-0.4, -0.2) is 29.3 Å². The predicted molar refractivity (Wildman–Crippen MR) is 153 cm³/mol. The number of hydrogen-bond donors (Lipinski definition) is 1. The molecule has 0 aromatic heterocycles. The van der Waals surface area contributed by atoms with Gasteiger partial charge in [-0.15, -0.1) is 0 Å². The van der Waals surface area contributed by atoms with Gasteiger partial charge in [0.2, 0.25) is 0 Å². The lowest BCUT2D eigenvalue weighted by molar-refractivity contribution is -0.311. The smallest absolute Gasteiger partial charge is 0.172 e. The minimum atomic E-state index is -0.701. The molecule has 3 rings (SSSR count). The van der Waals surface area contributed by atoms with E-state index in [0.717, 1.165) is 24.0 Å². The van der Waals surface area contributed by atoms with E-state index >= 15 is 0 Å². The highest BCUT2D eigenvalue weighted by Crippen LogP contribution is 2.47. The number of ether oxygens (including phenoxy) is 2. The van der Waals surface area contributed by atoms with Gasteiger partial charge >= 0.3 is 0 Å². The van der Waals surface area contributed by atoms with Gasteiger partial charge in [0.05, 0.1) is 25.3 Å². The Morgan fingerprint density at radius 3 is 1.41 bits per heavy atom. The minimum absolute atomic E-state index is 0.186. The van der Waals surface area contributed by atoms with E-state index in [1.807, 2.05) is 36.4 Å². The summed E-state index contributed by atoms with van der Waals surface area (Å²) in [5.74, 6) is -0.701. The summed E-state index contributed by atoms with van der Waals surface area (Å²) in [6.07, 6.45) is 16.1. The Hall–Kier alpha value is -1.72. The summed E-state index contributed by atoms with van der Waals surface area (Å²) in [6.45, 7) is 5.93. The van der Waals surface area contributed by atoms with Gasteiger partial charge in [-0.2, -0.15) is 5.06 Å². The molecule has 0 radical (unpaired) electrons. The summed E-state index contributed by atoms with van der Waals surface area (Å²) >= 11 is 0. The van der Waals surface area contributed by atoms with Crippen LogP contribution >= 0.6 is 0 Å². The van der Waals surface area contributed by atoms with E-state index in [2.05, 4.69) is 38.1 Å². The topological polar surface area (TPSA) is 41.9 Å². The van der Waals surface area contributed by atoms with Crippen molar-refractivity contribution in [2.45, 2.75) is 122 Å². The van der Waals surface area contributed by atoms with Crippen molar-refractivity contribution in [1.29, 1.82) is 0 Å². The molecule has 4 heteroatoms. The molecule has 0 saturated carbocycles. The molecule has 1 N–H and O–H groups in total. The molecular weight excluding hydrogens is 458 g/mol. The molecule has 1 saturated heterocycles. The summed E-state index contributed by atoms with van der Waals surface area (Å²) in [5, 5.41) is 13.0. The van der Waals surface area contributed by atoms with Crippen LogP contribution in [-0.2, 0) is 9.47 Å². The Balaban J connectivity index is 1.74. The van der Waals surface area contributed by atoms with Gasteiger partial charge in [0, 0.05) is 12.8 Å². The Labute approximate surface area is 226 Å². The van der Waals surface area contributed by atoms with Crippen LogP contribution in [0.5, 0.6) is 0 Å². The highest BCUT2D eigenvalue weighted by molar-refractivity contribution is 5.24. The normalized spacial score (nSPS) is 19.8. The lowest BCUT2D eigenvalue weighted by atomic mass is 9.85. The first-order valence-electron chi connectivity index (χ1n) is 15.0. The molecule has 0 spiro atoms. The van der Waals surface area contributed by atoms with Crippen LogP contribution < -0.4 is 0 Å². The van der Waals surface area contributed by atoms with Crippen LogP contribution in [0, 0.1) is 0 Å². The van der Waals surface area contributed by atoms with Gasteiger partial charge in [0.1, 0.15) is 0 Å². The minimum Gasteiger partial charge on any atom is -0.350 e. The molecule has 2 unspecified atom stereocenters. The fourth-order valence-electron chi connectivity index (χ4n) is 5.53. The molecule has 206 valence electrons. The standard InChI is InChI=1S/C33H51NO3/c1-3-5-7-9-11-19-25-36-33(37-26-20-12-10-8-6-4-2)27-31(29-21-15-13-16-22-29)34(35)32(28-33)30-23-17-14-18-24-30/h13-18,21-24,31-32,35H,3-12,19-20,25-28H2,1-2H3. The van der Waals surface area contributed by atoms with Gasteiger partial charge in [-0.1, -0.05) is 139 Å². The summed E-state index contributed by atoms with van der Waals surface area (Å²) in [6, 6.07) is 20.3. The zero-order chi connectivity index (χ0) is 26.2. The highest BCUT2D eigenvalue weighted by atomic mass is 16.7. The Morgan fingerprint density at radius 1 is 0.622 bits per heavy atom. The maximum absolute atomic E-state index is 11.5. The number of hydrogen-bond acceptors (Lipinski definition) is 4. The van der Waals surface area contributed by atoms with Crippen LogP contribution in [0.1, 0.15) is 127 Å². The SMILES string of the molecule is CCCCCCCCOC1(OCCCCCCCC)CC(c2ccccc2)N(O)C(c2ccccc2)C1. The molecule has 2 atom stereocenters.